The van der Waals surface area contributed by atoms with Gasteiger partial charge in [-0.05, 0) is 25.0 Å². The number of rotatable bonds is 6. The van der Waals surface area contributed by atoms with Gasteiger partial charge in [0, 0.05) is 32.2 Å². The van der Waals surface area contributed by atoms with Gasteiger partial charge in [0.25, 0.3) is 17.4 Å². The number of imidazole rings is 1. The number of halogens is 1. The number of aromatic nitrogens is 4. The fraction of sp³-hybridized carbons (Fsp3) is 0.458. The lowest BCUT2D eigenvalue weighted by molar-refractivity contribution is 0.0792. The largest absolute Gasteiger partial charge is 0.390 e. The van der Waals surface area contributed by atoms with Crippen LogP contribution in [0.15, 0.2) is 18.3 Å². The minimum Gasteiger partial charge on any atom is -0.390 e. The summed E-state index contributed by atoms with van der Waals surface area (Å²) in [5.74, 6) is -0.284. The predicted octanol–water partition coefficient (Wildman–Crippen LogP) is 1.28. The molecule has 0 bridgehead atoms. The summed E-state index contributed by atoms with van der Waals surface area (Å²) >= 11 is 0. The maximum Gasteiger partial charge on any atom is 0.275 e. The second kappa shape index (κ2) is 9.60. The number of nitriles is 1. The third-order valence-corrected chi connectivity index (χ3v) is 8.92. The van der Waals surface area contributed by atoms with E-state index < -0.39 is 27.8 Å². The van der Waals surface area contributed by atoms with Crippen LogP contribution in [0.2, 0.25) is 0 Å². The van der Waals surface area contributed by atoms with Gasteiger partial charge in [0.05, 0.1) is 52.9 Å². The van der Waals surface area contributed by atoms with Crippen LogP contribution in [0, 0.1) is 23.7 Å². The van der Waals surface area contributed by atoms with Gasteiger partial charge in [-0.1, -0.05) is 11.7 Å². The fourth-order valence-electron chi connectivity index (χ4n) is 5.09. The van der Waals surface area contributed by atoms with Gasteiger partial charge in [-0.25, -0.2) is 17.8 Å². The number of sulfone groups is 1. The molecule has 3 fully saturated rings. The van der Waals surface area contributed by atoms with Crippen LogP contribution in [-0.4, -0.2) is 93.9 Å². The Balaban J connectivity index is 1.27. The van der Waals surface area contributed by atoms with Crippen molar-refractivity contribution in [2.45, 2.75) is 31.0 Å². The zero-order chi connectivity index (χ0) is 27.3. The lowest BCUT2D eigenvalue weighted by Gasteiger charge is -2.39. The molecule has 39 heavy (non-hydrogen) atoms. The second-order valence-electron chi connectivity index (χ2n) is 9.99. The first-order chi connectivity index (χ1) is 18.7. The normalized spacial score (nSPS) is 22.9. The molecule has 13 nitrogen and oxygen atoms in total. The monoisotopic (exact) mass is 552 g/mol. The molecular formula is C24H25FN10O3S. The Kier molecular flexibility index (Phi) is 6.22. The molecule has 1 aliphatic carbocycles. The summed E-state index contributed by atoms with van der Waals surface area (Å²) in [6, 6.07) is 4.69. The average Bonchev–Trinajstić information content (AvgIpc) is 3.56. The first-order valence-corrected chi connectivity index (χ1v) is 14.3. The van der Waals surface area contributed by atoms with E-state index in [0.29, 0.717) is 37.6 Å². The summed E-state index contributed by atoms with van der Waals surface area (Å²) in [5.41, 5.74) is 0.849. The number of aliphatic hydroxyl groups excluding tert-OH is 1. The van der Waals surface area contributed by atoms with Gasteiger partial charge in [0.15, 0.2) is 21.5 Å². The Morgan fingerprint density at radius 1 is 1.21 bits per heavy atom. The van der Waals surface area contributed by atoms with Gasteiger partial charge in [-0.3, -0.25) is 4.90 Å². The minimum atomic E-state index is -3.28. The van der Waals surface area contributed by atoms with Gasteiger partial charge in [-0.15, -0.1) is 4.52 Å². The minimum absolute atomic E-state index is 0.00462. The van der Waals surface area contributed by atoms with Crippen LogP contribution < -0.4 is 15.5 Å². The van der Waals surface area contributed by atoms with Crippen molar-refractivity contribution in [3.63, 3.8) is 0 Å². The van der Waals surface area contributed by atoms with E-state index in [-0.39, 0.29) is 46.3 Å². The molecule has 3 aromatic rings. The van der Waals surface area contributed by atoms with Crippen molar-refractivity contribution < 1.29 is 17.9 Å². The van der Waals surface area contributed by atoms with Crippen molar-refractivity contribution in [1.82, 2.24) is 24.5 Å². The Hall–Kier alpha value is -4.05. The zero-order valence-corrected chi connectivity index (χ0v) is 21.6. The van der Waals surface area contributed by atoms with Crippen molar-refractivity contribution in [1.29, 1.82) is 5.26 Å². The zero-order valence-electron chi connectivity index (χ0n) is 20.7. The average molecular weight is 553 g/mol. The quantitative estimate of drug-likeness (QED) is 0.379. The van der Waals surface area contributed by atoms with Crippen molar-refractivity contribution in [2.75, 3.05) is 53.2 Å². The van der Waals surface area contributed by atoms with Crippen LogP contribution >= 0.6 is 0 Å². The van der Waals surface area contributed by atoms with Crippen LogP contribution in [0.5, 0.6) is 0 Å². The summed E-state index contributed by atoms with van der Waals surface area (Å²) in [7, 11) is -3.28. The highest BCUT2D eigenvalue weighted by atomic mass is 32.2. The summed E-state index contributed by atoms with van der Waals surface area (Å²) in [6.45, 7) is 9.04. The predicted molar refractivity (Wildman–Crippen MR) is 140 cm³/mol. The number of benzene rings is 1. The standard InChI is InChI=1S/C24H25FN10O3S/c1-27-20-11-28-23-22(29-15-2-3-15)31-24(32-35(20)23)30-16-8-14(10-26)9-17(21(16)25)33-4-6-34(7-5-33)18-12-39(37,38)13-19(18)36/h8-9,11,15,18-19,36H,2-7,12-13H2,(H2,29,30,31,32)/t18?,19-/m0/s1. The SMILES string of the molecule is [C-]#[N+]c1cnc2c(NC3CC3)nc(Nc3cc(C#N)cc(N4CCN(C5CS(=O)(=O)C[C@@H]5O)CC4)c3F)nn12. The molecule has 202 valence electrons. The van der Waals surface area contributed by atoms with E-state index in [1.807, 2.05) is 4.90 Å². The molecule has 2 saturated heterocycles. The molecule has 0 amide bonds. The maximum atomic E-state index is 15.9. The molecule has 2 aliphatic heterocycles. The van der Waals surface area contributed by atoms with Crippen LogP contribution in [0.4, 0.5) is 33.3 Å². The number of hydrogen-bond donors (Lipinski definition) is 3. The van der Waals surface area contributed by atoms with Crippen molar-refractivity contribution in [3.05, 3.63) is 41.1 Å². The van der Waals surface area contributed by atoms with Gasteiger partial charge < -0.3 is 25.5 Å². The second-order valence-corrected chi connectivity index (χ2v) is 12.1. The smallest absolute Gasteiger partial charge is 0.275 e. The van der Waals surface area contributed by atoms with Gasteiger partial charge in [-0.2, -0.15) is 10.2 Å². The summed E-state index contributed by atoms with van der Waals surface area (Å²) in [6.07, 6.45) is 2.43. The van der Waals surface area contributed by atoms with Gasteiger partial charge in [0.2, 0.25) is 0 Å². The third-order valence-electron chi connectivity index (χ3n) is 7.22. The molecule has 1 saturated carbocycles. The Labute approximate surface area is 223 Å². The molecule has 0 radical (unpaired) electrons. The first-order valence-electron chi connectivity index (χ1n) is 12.5. The Morgan fingerprint density at radius 2 is 1.97 bits per heavy atom. The van der Waals surface area contributed by atoms with Crippen molar-refractivity contribution in [3.8, 4) is 6.07 Å². The molecule has 1 unspecified atom stereocenters. The van der Waals surface area contributed by atoms with E-state index in [2.05, 4.69) is 36.6 Å². The number of fused-ring (bicyclic) bond motifs is 1. The number of hydrogen-bond acceptors (Lipinski definition) is 11. The Bertz CT molecular complexity index is 1630. The maximum absolute atomic E-state index is 15.9. The molecule has 3 N–H and O–H groups in total. The van der Waals surface area contributed by atoms with E-state index >= 15 is 4.39 Å². The first kappa shape index (κ1) is 25.2. The topological polar surface area (TPSA) is 156 Å². The van der Waals surface area contributed by atoms with E-state index in [4.69, 9.17) is 6.57 Å². The Morgan fingerprint density at radius 3 is 2.62 bits per heavy atom. The third kappa shape index (κ3) is 4.92. The van der Waals surface area contributed by atoms with E-state index in [0.717, 1.165) is 12.8 Å². The molecule has 15 heteroatoms. The van der Waals surface area contributed by atoms with E-state index in [1.54, 1.807) is 4.90 Å². The highest BCUT2D eigenvalue weighted by molar-refractivity contribution is 7.91. The summed E-state index contributed by atoms with van der Waals surface area (Å²) < 4.78 is 41.1. The van der Waals surface area contributed by atoms with Gasteiger partial charge in [0.1, 0.15) is 0 Å². The highest BCUT2D eigenvalue weighted by Gasteiger charge is 2.41. The number of piperazine rings is 1. The van der Waals surface area contributed by atoms with Gasteiger partial charge >= 0.3 is 0 Å². The van der Waals surface area contributed by atoms with Crippen LogP contribution in [-0.2, 0) is 9.84 Å². The molecule has 6 rings (SSSR count). The molecule has 1 aromatic carbocycles. The lowest BCUT2D eigenvalue weighted by atomic mass is 10.1. The van der Waals surface area contributed by atoms with E-state index in [1.165, 1.54) is 22.8 Å². The summed E-state index contributed by atoms with van der Waals surface area (Å²) in [5, 5.41) is 30.4. The molecular weight excluding hydrogens is 527 g/mol. The lowest BCUT2D eigenvalue weighted by Crippen LogP contribution is -2.53. The number of nitrogens with zero attached hydrogens (tertiary/aromatic N) is 8. The van der Waals surface area contributed by atoms with Crippen molar-refractivity contribution >= 4 is 44.4 Å². The number of nitrogens with one attached hydrogen (secondary N) is 2. The molecule has 2 atom stereocenters. The van der Waals surface area contributed by atoms with Crippen LogP contribution in [0.25, 0.3) is 10.5 Å². The van der Waals surface area contributed by atoms with Crippen molar-refractivity contribution in [2.24, 2.45) is 0 Å². The molecule has 3 aliphatic rings. The molecule has 0 spiro atoms. The number of anilines is 4. The van der Waals surface area contributed by atoms with E-state index in [9.17, 15) is 18.8 Å². The number of aliphatic hydroxyl groups is 1. The van der Waals surface area contributed by atoms with Crippen LogP contribution in [0.3, 0.4) is 0 Å². The molecule has 4 heterocycles. The fourth-order valence-corrected chi connectivity index (χ4v) is 6.92. The highest BCUT2D eigenvalue weighted by Crippen LogP contribution is 2.33. The van der Waals surface area contributed by atoms with Crippen LogP contribution in [0.1, 0.15) is 18.4 Å². The molecule has 2 aromatic heterocycles. The summed E-state index contributed by atoms with van der Waals surface area (Å²) in [4.78, 5) is 15.9.